The van der Waals surface area contributed by atoms with Gasteiger partial charge in [-0.1, -0.05) is 84.9 Å². The maximum Gasteiger partial charge on any atom is 0.298 e. The smallest absolute Gasteiger partial charge is 0.298 e. The van der Waals surface area contributed by atoms with Gasteiger partial charge in [-0.05, 0) is 57.9 Å². The lowest BCUT2D eigenvalue weighted by Crippen LogP contribution is -2.09. The molecule has 0 aliphatic heterocycles. The van der Waals surface area contributed by atoms with Crippen LogP contribution in [-0.4, -0.2) is 25.9 Å². The number of benzene rings is 6. The monoisotopic (exact) mass is 598 g/mol. The number of para-hydroxylation sites is 2. The van der Waals surface area contributed by atoms with Gasteiger partial charge in [0.25, 0.3) is 20.2 Å². The van der Waals surface area contributed by atoms with Crippen molar-refractivity contribution < 1.29 is 35.4 Å². The molecule has 0 amide bonds. The first-order chi connectivity index (χ1) is 20.1. The van der Waals surface area contributed by atoms with Crippen LogP contribution in [0.3, 0.4) is 0 Å². The number of hydrogen-bond acceptors (Lipinski definition) is 6. The van der Waals surface area contributed by atoms with Crippen LogP contribution < -0.4 is 9.47 Å². The van der Waals surface area contributed by atoms with Crippen LogP contribution in [0.4, 0.5) is 0 Å². The predicted molar refractivity (Wildman–Crippen MR) is 160 cm³/mol. The van der Waals surface area contributed by atoms with E-state index in [1.54, 1.807) is 109 Å². The van der Waals surface area contributed by atoms with Crippen molar-refractivity contribution in [1.82, 2.24) is 0 Å². The van der Waals surface area contributed by atoms with E-state index in [0.717, 1.165) is 0 Å². The summed E-state index contributed by atoms with van der Waals surface area (Å²) in [5, 5.41) is 1.56. The van der Waals surface area contributed by atoms with E-state index >= 15 is 0 Å². The van der Waals surface area contributed by atoms with Gasteiger partial charge in [-0.15, -0.1) is 0 Å². The first-order valence-corrected chi connectivity index (χ1v) is 15.5. The Labute approximate surface area is 241 Å². The SMILES string of the molecule is O=S(=O)(O)c1c(Oc2ccccc2)cc2ccccc2c1-c1c(S(=O)(=O)O)c(Oc2ccccc2)cc2ccccc12. The van der Waals surface area contributed by atoms with Crippen molar-refractivity contribution >= 4 is 41.8 Å². The minimum absolute atomic E-state index is 0.177. The highest BCUT2D eigenvalue weighted by molar-refractivity contribution is 7.86. The average Bonchev–Trinajstić information content (AvgIpc) is 2.96. The molecule has 0 spiro atoms. The Balaban J connectivity index is 1.82. The molecule has 0 atom stereocenters. The van der Waals surface area contributed by atoms with Crippen LogP contribution in [0.25, 0.3) is 32.7 Å². The Morgan fingerprint density at radius 1 is 0.452 bits per heavy atom. The second-order valence-corrected chi connectivity index (χ2v) is 12.1. The van der Waals surface area contributed by atoms with E-state index in [-0.39, 0.29) is 44.9 Å². The largest absolute Gasteiger partial charge is 0.456 e. The predicted octanol–water partition coefficient (Wildman–Crippen LogP) is 7.74. The van der Waals surface area contributed by atoms with Crippen LogP contribution in [0.5, 0.6) is 23.0 Å². The molecule has 6 aromatic rings. The van der Waals surface area contributed by atoms with E-state index in [4.69, 9.17) is 9.47 Å². The molecule has 6 aromatic carbocycles. The van der Waals surface area contributed by atoms with Gasteiger partial charge in [-0.3, -0.25) is 9.11 Å². The fraction of sp³-hybridized carbons (Fsp3) is 0. The molecule has 2 N–H and O–H groups in total. The second-order valence-electron chi connectivity index (χ2n) is 9.38. The summed E-state index contributed by atoms with van der Waals surface area (Å²) in [6, 6.07) is 33.0. The van der Waals surface area contributed by atoms with Crippen molar-refractivity contribution in [3.8, 4) is 34.1 Å². The fourth-order valence-corrected chi connectivity index (χ4v) is 6.65. The van der Waals surface area contributed by atoms with E-state index < -0.39 is 30.0 Å². The molecule has 0 saturated carbocycles. The van der Waals surface area contributed by atoms with Gasteiger partial charge in [0.15, 0.2) is 0 Å². The lowest BCUT2D eigenvalue weighted by Gasteiger charge is -2.21. The molecule has 0 aliphatic rings. The number of hydrogen-bond donors (Lipinski definition) is 2. The van der Waals surface area contributed by atoms with Gasteiger partial charge in [-0.2, -0.15) is 16.8 Å². The second kappa shape index (κ2) is 10.6. The summed E-state index contributed by atoms with van der Waals surface area (Å²) in [5.41, 5.74) is -0.354. The van der Waals surface area contributed by atoms with Gasteiger partial charge >= 0.3 is 0 Å². The molecule has 42 heavy (non-hydrogen) atoms. The highest BCUT2D eigenvalue weighted by Crippen LogP contribution is 2.49. The zero-order valence-electron chi connectivity index (χ0n) is 21.7. The van der Waals surface area contributed by atoms with E-state index in [0.29, 0.717) is 10.8 Å². The Bertz CT molecular complexity index is 2020. The summed E-state index contributed by atoms with van der Waals surface area (Å²) < 4.78 is 86.1. The third-order valence-electron chi connectivity index (χ3n) is 6.64. The van der Waals surface area contributed by atoms with E-state index in [9.17, 15) is 25.9 Å². The molecule has 0 heterocycles. The van der Waals surface area contributed by atoms with Gasteiger partial charge in [-0.25, -0.2) is 0 Å². The Morgan fingerprint density at radius 2 is 0.786 bits per heavy atom. The molecular weight excluding hydrogens is 576 g/mol. The van der Waals surface area contributed by atoms with Gasteiger partial charge in [0.2, 0.25) is 0 Å². The lowest BCUT2D eigenvalue weighted by molar-refractivity contribution is 0.447. The maximum atomic E-state index is 13.2. The van der Waals surface area contributed by atoms with Crippen molar-refractivity contribution in [2.45, 2.75) is 9.79 Å². The summed E-state index contributed by atoms with van der Waals surface area (Å²) in [4.78, 5) is -1.34. The molecule has 0 saturated heterocycles. The van der Waals surface area contributed by atoms with E-state index in [1.165, 1.54) is 12.1 Å². The van der Waals surface area contributed by atoms with E-state index in [1.807, 2.05) is 0 Å². The Kier molecular flexibility index (Phi) is 6.91. The number of rotatable bonds is 7. The summed E-state index contributed by atoms with van der Waals surface area (Å²) in [6.45, 7) is 0. The lowest BCUT2D eigenvalue weighted by atomic mass is 9.93. The molecule has 0 bridgehead atoms. The first-order valence-electron chi connectivity index (χ1n) is 12.6. The Hall–Kier alpha value is -4.74. The fourth-order valence-electron chi connectivity index (χ4n) is 5.00. The molecule has 0 aromatic heterocycles. The van der Waals surface area contributed by atoms with Crippen molar-refractivity contribution in [2.24, 2.45) is 0 Å². The van der Waals surface area contributed by atoms with Gasteiger partial charge in [0, 0.05) is 11.1 Å². The Morgan fingerprint density at radius 3 is 1.14 bits per heavy atom. The highest BCUT2D eigenvalue weighted by Gasteiger charge is 2.33. The van der Waals surface area contributed by atoms with Gasteiger partial charge < -0.3 is 9.47 Å². The van der Waals surface area contributed by atoms with Crippen LogP contribution in [-0.2, 0) is 20.2 Å². The zero-order chi connectivity index (χ0) is 29.5. The summed E-state index contributed by atoms with van der Waals surface area (Å²) in [5.74, 6) is 0.0867. The van der Waals surface area contributed by atoms with Crippen LogP contribution in [0.15, 0.2) is 131 Å². The highest BCUT2D eigenvalue weighted by atomic mass is 32.2. The molecule has 6 rings (SSSR count). The number of ether oxygens (including phenoxy) is 2. The van der Waals surface area contributed by atoms with Gasteiger partial charge in [0.05, 0.1) is 0 Å². The first kappa shape index (κ1) is 27.4. The molecular formula is C32H22O8S2. The minimum Gasteiger partial charge on any atom is -0.456 e. The van der Waals surface area contributed by atoms with Crippen LogP contribution in [0, 0.1) is 0 Å². The van der Waals surface area contributed by atoms with Gasteiger partial charge in [0.1, 0.15) is 32.8 Å². The normalized spacial score (nSPS) is 12.0. The van der Waals surface area contributed by atoms with Crippen molar-refractivity contribution in [2.75, 3.05) is 0 Å². The molecule has 8 nitrogen and oxygen atoms in total. The summed E-state index contributed by atoms with van der Waals surface area (Å²) in [6.07, 6.45) is 0. The van der Waals surface area contributed by atoms with Crippen LogP contribution in [0.2, 0.25) is 0 Å². The molecule has 10 heteroatoms. The average molecular weight is 599 g/mol. The minimum atomic E-state index is -5.07. The third-order valence-corrected chi connectivity index (χ3v) is 8.49. The van der Waals surface area contributed by atoms with Crippen molar-refractivity contribution in [3.63, 3.8) is 0 Å². The topological polar surface area (TPSA) is 127 Å². The van der Waals surface area contributed by atoms with Crippen molar-refractivity contribution in [1.29, 1.82) is 0 Å². The van der Waals surface area contributed by atoms with E-state index in [2.05, 4.69) is 0 Å². The molecule has 0 radical (unpaired) electrons. The summed E-state index contributed by atoms with van der Waals surface area (Å²) in [7, 11) is -10.1. The van der Waals surface area contributed by atoms with Crippen LogP contribution >= 0.6 is 0 Å². The molecule has 0 fully saturated rings. The third kappa shape index (κ3) is 5.19. The van der Waals surface area contributed by atoms with Crippen molar-refractivity contribution in [3.05, 3.63) is 121 Å². The number of fused-ring (bicyclic) bond motifs is 2. The summed E-state index contributed by atoms with van der Waals surface area (Å²) >= 11 is 0. The quantitative estimate of drug-likeness (QED) is 0.179. The standard InChI is InChI=1S/C32H22O8S2/c33-41(34,35)31-27(39-23-13-3-1-4-14-23)19-21-11-7-9-17-25(21)29(31)30-26-18-10-8-12-22(26)20-28(32(30)42(36,37)38)40-24-15-5-2-6-16-24/h1-20H,(H,33,34,35)(H,36,37,38). The molecule has 210 valence electrons. The van der Waals surface area contributed by atoms with Crippen LogP contribution in [0.1, 0.15) is 0 Å². The molecule has 0 aliphatic carbocycles. The zero-order valence-corrected chi connectivity index (χ0v) is 23.3. The molecule has 0 unspecified atom stereocenters. The maximum absolute atomic E-state index is 13.2.